The number of nitrogens with one attached hydrogen (secondary N) is 2. The van der Waals surface area contributed by atoms with E-state index in [0.29, 0.717) is 19.0 Å². The van der Waals surface area contributed by atoms with E-state index >= 15 is 0 Å². The highest BCUT2D eigenvalue weighted by Crippen LogP contribution is 2.16. The highest BCUT2D eigenvalue weighted by molar-refractivity contribution is 5.74. The van der Waals surface area contributed by atoms with Crippen molar-refractivity contribution in [3.8, 4) is 5.88 Å². The Hall–Kier alpha value is -2.57. The van der Waals surface area contributed by atoms with Gasteiger partial charge in [-0.2, -0.15) is 5.10 Å². The first kappa shape index (κ1) is 18.8. The van der Waals surface area contributed by atoms with Gasteiger partial charge in [0.1, 0.15) is 0 Å². The maximum atomic E-state index is 12.2. The molecule has 2 aromatic rings. The lowest BCUT2D eigenvalue weighted by atomic mass is 10.1. The lowest BCUT2D eigenvalue weighted by Gasteiger charge is -2.15. The van der Waals surface area contributed by atoms with Gasteiger partial charge in [-0.15, -0.1) is 0 Å². The monoisotopic (exact) mass is 345 g/mol. The van der Waals surface area contributed by atoms with Crippen molar-refractivity contribution < 1.29 is 9.53 Å². The second kappa shape index (κ2) is 9.05. The Morgan fingerprint density at radius 1 is 1.44 bits per heavy atom. The van der Waals surface area contributed by atoms with Gasteiger partial charge in [0.2, 0.25) is 5.88 Å². The van der Waals surface area contributed by atoms with E-state index in [2.05, 4.69) is 27.6 Å². The van der Waals surface area contributed by atoms with Crippen molar-refractivity contribution in [2.75, 3.05) is 6.61 Å². The Kier molecular flexibility index (Phi) is 6.80. The molecule has 0 saturated carbocycles. The second-order valence-electron chi connectivity index (χ2n) is 6.03. The minimum atomic E-state index is -0.237. The highest BCUT2D eigenvalue weighted by atomic mass is 16.5. The topological polar surface area (TPSA) is 81.1 Å². The van der Waals surface area contributed by atoms with Gasteiger partial charge in [0.25, 0.3) is 0 Å². The summed E-state index contributed by atoms with van der Waals surface area (Å²) in [4.78, 5) is 16.4. The van der Waals surface area contributed by atoms with E-state index in [-0.39, 0.29) is 12.1 Å². The van der Waals surface area contributed by atoms with Crippen molar-refractivity contribution >= 4 is 6.03 Å². The van der Waals surface area contributed by atoms with E-state index in [0.717, 1.165) is 29.7 Å². The van der Waals surface area contributed by atoms with Gasteiger partial charge in [-0.3, -0.25) is 4.68 Å². The number of ether oxygens (including phenoxy) is 1. The largest absolute Gasteiger partial charge is 0.477 e. The zero-order chi connectivity index (χ0) is 18.2. The van der Waals surface area contributed by atoms with Gasteiger partial charge in [0.15, 0.2) is 0 Å². The number of amides is 2. The van der Waals surface area contributed by atoms with E-state index in [4.69, 9.17) is 4.74 Å². The fourth-order valence-corrected chi connectivity index (χ4v) is 2.44. The van der Waals surface area contributed by atoms with Crippen molar-refractivity contribution in [3.63, 3.8) is 0 Å². The van der Waals surface area contributed by atoms with E-state index in [1.54, 1.807) is 17.1 Å². The minimum Gasteiger partial charge on any atom is -0.477 e. The molecule has 7 heteroatoms. The molecule has 2 N–H and O–H groups in total. The maximum Gasteiger partial charge on any atom is 0.315 e. The van der Waals surface area contributed by atoms with E-state index in [1.807, 2.05) is 33.0 Å². The molecule has 0 bridgehead atoms. The quantitative estimate of drug-likeness (QED) is 0.721. The molecule has 25 heavy (non-hydrogen) atoms. The van der Waals surface area contributed by atoms with Crippen molar-refractivity contribution in [1.82, 2.24) is 25.4 Å². The summed E-state index contributed by atoms with van der Waals surface area (Å²) in [7, 11) is 1.88. The molecule has 136 valence electrons. The van der Waals surface area contributed by atoms with Crippen LogP contribution in [0.15, 0.2) is 24.5 Å². The molecular weight excluding hydrogens is 318 g/mol. The van der Waals surface area contributed by atoms with Crippen molar-refractivity contribution in [2.24, 2.45) is 7.05 Å². The zero-order valence-corrected chi connectivity index (χ0v) is 15.4. The molecule has 0 unspecified atom stereocenters. The van der Waals surface area contributed by atoms with Gasteiger partial charge in [-0.05, 0) is 26.3 Å². The molecule has 0 saturated heterocycles. The van der Waals surface area contributed by atoms with E-state index in [9.17, 15) is 4.79 Å². The minimum absolute atomic E-state index is 0.122. The molecule has 0 spiro atoms. The number of carbonyl (C=O) groups is 1. The second-order valence-corrected chi connectivity index (χ2v) is 6.03. The molecule has 0 fully saturated rings. The third-order valence-corrected chi connectivity index (χ3v) is 4.11. The smallest absolute Gasteiger partial charge is 0.315 e. The predicted octanol–water partition coefficient (Wildman–Crippen LogP) is 2.86. The number of hydrogen-bond donors (Lipinski definition) is 2. The number of carbonyl (C=O) groups excluding carboxylic acids is 1. The normalized spacial score (nSPS) is 11.8. The summed E-state index contributed by atoms with van der Waals surface area (Å²) in [5.74, 6) is 0.576. The van der Waals surface area contributed by atoms with Crippen LogP contribution in [0.5, 0.6) is 5.88 Å². The Bertz CT molecular complexity index is 699. The van der Waals surface area contributed by atoms with Crippen LogP contribution in [0.3, 0.4) is 0 Å². The van der Waals surface area contributed by atoms with Gasteiger partial charge in [0, 0.05) is 36.6 Å². The fraction of sp³-hybridized carbons (Fsp3) is 0.500. The Balaban J connectivity index is 1.88. The summed E-state index contributed by atoms with van der Waals surface area (Å²) in [5.41, 5.74) is 2.90. The standard InChI is InChI=1S/C18H27N5O2/c1-5-6-10-25-17-15(8-7-9-19-17)11-20-18(24)22-13(2)16-12-21-23(4)14(16)3/h7-9,12-13H,5-6,10-11H2,1-4H3,(H2,20,22,24)/t13-/m0/s1. The molecule has 2 heterocycles. The first-order valence-electron chi connectivity index (χ1n) is 8.62. The third kappa shape index (κ3) is 5.20. The summed E-state index contributed by atoms with van der Waals surface area (Å²) in [6.45, 7) is 7.02. The van der Waals surface area contributed by atoms with Gasteiger partial charge in [-0.1, -0.05) is 19.4 Å². The first-order valence-corrected chi connectivity index (χ1v) is 8.62. The van der Waals surface area contributed by atoms with Gasteiger partial charge >= 0.3 is 6.03 Å². The molecule has 0 aromatic carbocycles. The lowest BCUT2D eigenvalue weighted by molar-refractivity contribution is 0.237. The van der Waals surface area contributed by atoms with Gasteiger partial charge < -0.3 is 15.4 Å². The predicted molar refractivity (Wildman–Crippen MR) is 96.4 cm³/mol. The molecule has 7 nitrogen and oxygen atoms in total. The van der Waals surface area contributed by atoms with Gasteiger partial charge in [0.05, 0.1) is 18.8 Å². The summed E-state index contributed by atoms with van der Waals surface area (Å²) in [5, 5.41) is 9.99. The average molecular weight is 345 g/mol. The Labute approximate surface area is 148 Å². The van der Waals surface area contributed by atoms with E-state index in [1.165, 1.54) is 0 Å². The van der Waals surface area contributed by atoms with Crippen LogP contribution >= 0.6 is 0 Å². The van der Waals surface area contributed by atoms with Crippen LogP contribution < -0.4 is 15.4 Å². The zero-order valence-electron chi connectivity index (χ0n) is 15.4. The molecule has 2 rings (SSSR count). The van der Waals surface area contributed by atoms with Crippen LogP contribution in [-0.4, -0.2) is 27.4 Å². The fourth-order valence-electron chi connectivity index (χ4n) is 2.44. The molecule has 1 atom stereocenters. The van der Waals surface area contributed by atoms with E-state index < -0.39 is 0 Å². The van der Waals surface area contributed by atoms with Crippen molar-refractivity contribution in [3.05, 3.63) is 41.3 Å². The lowest BCUT2D eigenvalue weighted by Crippen LogP contribution is -2.36. The maximum absolute atomic E-state index is 12.2. The molecule has 0 aliphatic rings. The van der Waals surface area contributed by atoms with Crippen LogP contribution in [0.2, 0.25) is 0 Å². The molecule has 0 radical (unpaired) electrons. The van der Waals surface area contributed by atoms with Crippen LogP contribution in [0, 0.1) is 6.92 Å². The number of urea groups is 1. The molecule has 0 aliphatic heterocycles. The van der Waals surface area contributed by atoms with Crippen molar-refractivity contribution in [2.45, 2.75) is 46.2 Å². The molecule has 2 amide bonds. The number of rotatable bonds is 8. The summed E-state index contributed by atoms with van der Waals surface area (Å²) >= 11 is 0. The number of unbranched alkanes of at least 4 members (excludes halogenated alkanes) is 1. The highest BCUT2D eigenvalue weighted by Gasteiger charge is 2.15. The third-order valence-electron chi connectivity index (χ3n) is 4.11. The van der Waals surface area contributed by atoms with Crippen molar-refractivity contribution in [1.29, 1.82) is 0 Å². The van der Waals surface area contributed by atoms with Crippen LogP contribution in [0.4, 0.5) is 4.79 Å². The Morgan fingerprint density at radius 2 is 2.24 bits per heavy atom. The number of nitrogens with zero attached hydrogens (tertiary/aromatic N) is 3. The van der Waals surface area contributed by atoms with Gasteiger partial charge in [-0.25, -0.2) is 9.78 Å². The Morgan fingerprint density at radius 3 is 2.92 bits per heavy atom. The number of pyridine rings is 1. The number of aromatic nitrogens is 3. The first-order chi connectivity index (χ1) is 12.0. The number of hydrogen-bond acceptors (Lipinski definition) is 4. The van der Waals surface area contributed by atoms with Crippen LogP contribution in [0.25, 0.3) is 0 Å². The summed E-state index contributed by atoms with van der Waals surface area (Å²) in [6, 6.07) is 3.38. The average Bonchev–Trinajstić information content (AvgIpc) is 2.93. The SMILES string of the molecule is CCCCOc1ncccc1CNC(=O)N[C@@H](C)c1cnn(C)c1C. The summed E-state index contributed by atoms with van der Waals surface area (Å²) < 4.78 is 7.48. The molecular formula is C18H27N5O2. The van der Waals surface area contributed by atoms with Crippen LogP contribution in [-0.2, 0) is 13.6 Å². The number of aryl methyl sites for hydroxylation is 1. The van der Waals surface area contributed by atoms with Crippen LogP contribution in [0.1, 0.15) is 49.6 Å². The molecule has 2 aromatic heterocycles. The summed E-state index contributed by atoms with van der Waals surface area (Å²) in [6.07, 6.45) is 5.51. The molecule has 0 aliphatic carbocycles.